The van der Waals surface area contributed by atoms with Crippen molar-refractivity contribution in [2.45, 2.75) is 32.6 Å². The van der Waals surface area contributed by atoms with Crippen molar-refractivity contribution in [3.05, 3.63) is 53.6 Å². The van der Waals surface area contributed by atoms with E-state index in [0.29, 0.717) is 12.1 Å². The SMILES string of the molecule is CC(C)(C)c1ccc(NC(=O)Nc2ccc3c(c2)NC(=O)C3)cc1. The van der Waals surface area contributed by atoms with Gasteiger partial charge in [-0.3, -0.25) is 4.79 Å². The van der Waals surface area contributed by atoms with Crippen LogP contribution in [0.5, 0.6) is 0 Å². The first-order valence-corrected chi connectivity index (χ1v) is 7.92. The van der Waals surface area contributed by atoms with E-state index in [2.05, 4.69) is 36.7 Å². The Kier molecular flexibility index (Phi) is 4.01. The lowest BCUT2D eigenvalue weighted by Crippen LogP contribution is -2.19. The Morgan fingerprint density at radius 2 is 1.62 bits per heavy atom. The van der Waals surface area contributed by atoms with Crippen LogP contribution in [0, 0.1) is 0 Å². The summed E-state index contributed by atoms with van der Waals surface area (Å²) in [6, 6.07) is 12.9. The number of anilines is 3. The molecule has 124 valence electrons. The van der Waals surface area contributed by atoms with E-state index in [1.165, 1.54) is 5.56 Å². The van der Waals surface area contributed by atoms with Gasteiger partial charge in [0.15, 0.2) is 0 Å². The number of hydrogen-bond donors (Lipinski definition) is 3. The van der Waals surface area contributed by atoms with Crippen molar-refractivity contribution in [1.29, 1.82) is 0 Å². The van der Waals surface area contributed by atoms with Gasteiger partial charge in [0, 0.05) is 17.1 Å². The van der Waals surface area contributed by atoms with E-state index in [-0.39, 0.29) is 17.4 Å². The molecule has 1 aliphatic rings. The molecule has 0 bridgehead atoms. The van der Waals surface area contributed by atoms with Crippen LogP contribution < -0.4 is 16.0 Å². The average Bonchev–Trinajstić information content (AvgIpc) is 2.86. The van der Waals surface area contributed by atoms with Gasteiger partial charge in [-0.2, -0.15) is 0 Å². The molecule has 3 amide bonds. The van der Waals surface area contributed by atoms with Crippen LogP contribution in [0.2, 0.25) is 0 Å². The zero-order chi connectivity index (χ0) is 17.3. The fourth-order valence-corrected chi connectivity index (χ4v) is 2.64. The van der Waals surface area contributed by atoms with Crippen LogP contribution in [0.3, 0.4) is 0 Å². The quantitative estimate of drug-likeness (QED) is 0.778. The Morgan fingerprint density at radius 1 is 1.00 bits per heavy atom. The van der Waals surface area contributed by atoms with Crippen LogP contribution in [-0.4, -0.2) is 11.9 Å². The molecule has 5 nitrogen and oxygen atoms in total. The Balaban J connectivity index is 1.64. The first kappa shape index (κ1) is 16.1. The molecule has 0 spiro atoms. The molecule has 0 fully saturated rings. The van der Waals surface area contributed by atoms with Crippen LogP contribution in [0.1, 0.15) is 31.9 Å². The maximum Gasteiger partial charge on any atom is 0.323 e. The number of benzene rings is 2. The van der Waals surface area contributed by atoms with Crippen molar-refractivity contribution in [2.24, 2.45) is 0 Å². The number of amides is 3. The minimum atomic E-state index is -0.317. The molecular formula is C19H21N3O2. The molecule has 2 aromatic rings. The fourth-order valence-electron chi connectivity index (χ4n) is 2.64. The van der Waals surface area contributed by atoms with Gasteiger partial charge in [0.25, 0.3) is 0 Å². The summed E-state index contributed by atoms with van der Waals surface area (Å²) in [5.41, 5.74) is 4.36. The van der Waals surface area contributed by atoms with Crippen LogP contribution in [0.15, 0.2) is 42.5 Å². The molecule has 3 N–H and O–H groups in total. The molecule has 1 heterocycles. The number of urea groups is 1. The summed E-state index contributed by atoms with van der Waals surface area (Å²) >= 11 is 0. The largest absolute Gasteiger partial charge is 0.325 e. The van der Waals surface area contributed by atoms with Gasteiger partial charge in [0.1, 0.15) is 0 Å². The van der Waals surface area contributed by atoms with Crippen molar-refractivity contribution in [3.8, 4) is 0 Å². The summed E-state index contributed by atoms with van der Waals surface area (Å²) in [4.78, 5) is 23.5. The third-order valence-electron chi connectivity index (χ3n) is 4.00. The first-order chi connectivity index (χ1) is 11.3. The van der Waals surface area contributed by atoms with Crippen molar-refractivity contribution < 1.29 is 9.59 Å². The van der Waals surface area contributed by atoms with Crippen LogP contribution in [0.25, 0.3) is 0 Å². The number of carbonyl (C=O) groups is 2. The van der Waals surface area contributed by atoms with Crippen LogP contribution in [-0.2, 0) is 16.6 Å². The number of fused-ring (bicyclic) bond motifs is 1. The maximum absolute atomic E-state index is 12.1. The zero-order valence-electron chi connectivity index (χ0n) is 14.1. The molecule has 1 aliphatic heterocycles. The standard InChI is InChI=1S/C19H21N3O2/c1-19(2,3)13-5-8-14(9-6-13)20-18(24)21-15-7-4-12-10-17(23)22-16(12)11-15/h4-9,11H,10H2,1-3H3,(H,22,23)(H2,20,21,24). The lowest BCUT2D eigenvalue weighted by Gasteiger charge is -2.19. The average molecular weight is 323 g/mol. The van der Waals surface area contributed by atoms with Crippen molar-refractivity contribution in [2.75, 3.05) is 16.0 Å². The van der Waals surface area contributed by atoms with E-state index in [0.717, 1.165) is 16.9 Å². The normalized spacial score (nSPS) is 13.2. The van der Waals surface area contributed by atoms with Gasteiger partial charge in [-0.1, -0.05) is 39.0 Å². The lowest BCUT2D eigenvalue weighted by molar-refractivity contribution is -0.115. The third-order valence-corrected chi connectivity index (χ3v) is 4.00. The van der Waals surface area contributed by atoms with Crippen molar-refractivity contribution in [3.63, 3.8) is 0 Å². The Bertz CT molecular complexity index is 789. The second kappa shape index (κ2) is 6.00. The Hall–Kier alpha value is -2.82. The van der Waals surface area contributed by atoms with Crippen LogP contribution in [0.4, 0.5) is 21.9 Å². The minimum Gasteiger partial charge on any atom is -0.325 e. The first-order valence-electron chi connectivity index (χ1n) is 7.92. The molecule has 0 unspecified atom stereocenters. The van der Waals surface area contributed by atoms with Crippen LogP contribution >= 0.6 is 0 Å². The van der Waals surface area contributed by atoms with Gasteiger partial charge < -0.3 is 16.0 Å². The second-order valence-corrected chi connectivity index (χ2v) is 7.00. The third kappa shape index (κ3) is 3.56. The molecule has 0 atom stereocenters. The number of nitrogens with one attached hydrogen (secondary N) is 3. The van der Waals surface area contributed by atoms with Gasteiger partial charge in [0.2, 0.25) is 5.91 Å². The van der Waals surface area contributed by atoms with Gasteiger partial charge >= 0.3 is 6.03 Å². The number of hydrogen-bond acceptors (Lipinski definition) is 2. The summed E-state index contributed by atoms with van der Waals surface area (Å²) in [6.45, 7) is 6.44. The Labute approximate surface area is 141 Å². The van der Waals surface area contributed by atoms with Gasteiger partial charge in [-0.05, 0) is 40.8 Å². The Morgan fingerprint density at radius 3 is 2.29 bits per heavy atom. The monoisotopic (exact) mass is 323 g/mol. The minimum absolute atomic E-state index is 0.0226. The summed E-state index contributed by atoms with van der Waals surface area (Å²) in [5.74, 6) is -0.0226. The van der Waals surface area contributed by atoms with E-state index in [1.54, 1.807) is 12.1 Å². The molecule has 24 heavy (non-hydrogen) atoms. The van der Waals surface area contributed by atoms with Crippen molar-refractivity contribution >= 4 is 29.0 Å². The van der Waals surface area contributed by atoms with E-state index in [4.69, 9.17) is 0 Å². The summed E-state index contributed by atoms with van der Waals surface area (Å²) in [6.07, 6.45) is 0.391. The molecule has 0 saturated carbocycles. The maximum atomic E-state index is 12.1. The van der Waals surface area contributed by atoms with E-state index in [9.17, 15) is 9.59 Å². The molecular weight excluding hydrogens is 302 g/mol. The van der Waals surface area contributed by atoms with Crippen molar-refractivity contribution in [1.82, 2.24) is 0 Å². The van der Waals surface area contributed by atoms with E-state index < -0.39 is 0 Å². The number of carbonyl (C=O) groups excluding carboxylic acids is 2. The molecule has 0 radical (unpaired) electrons. The summed E-state index contributed by atoms with van der Waals surface area (Å²) < 4.78 is 0. The highest BCUT2D eigenvalue weighted by atomic mass is 16.2. The predicted molar refractivity (Wildman–Crippen MR) is 96.6 cm³/mol. The van der Waals surface area contributed by atoms with Gasteiger partial charge in [-0.15, -0.1) is 0 Å². The smallest absolute Gasteiger partial charge is 0.323 e. The number of rotatable bonds is 2. The molecule has 5 heteroatoms. The summed E-state index contributed by atoms with van der Waals surface area (Å²) in [7, 11) is 0. The highest BCUT2D eigenvalue weighted by Gasteiger charge is 2.18. The lowest BCUT2D eigenvalue weighted by atomic mass is 9.87. The molecule has 3 rings (SSSR count). The van der Waals surface area contributed by atoms with E-state index >= 15 is 0 Å². The zero-order valence-corrected chi connectivity index (χ0v) is 14.1. The molecule has 0 saturated heterocycles. The fraction of sp³-hybridized carbons (Fsp3) is 0.263. The highest BCUT2D eigenvalue weighted by molar-refractivity contribution is 6.02. The summed E-state index contributed by atoms with van der Waals surface area (Å²) in [5, 5.41) is 8.36. The van der Waals surface area contributed by atoms with E-state index in [1.807, 2.05) is 30.3 Å². The molecule has 2 aromatic carbocycles. The predicted octanol–water partition coefficient (Wildman–Crippen LogP) is 4.12. The molecule has 0 aliphatic carbocycles. The topological polar surface area (TPSA) is 70.2 Å². The molecule has 0 aromatic heterocycles. The van der Waals surface area contributed by atoms with Gasteiger partial charge in [0.05, 0.1) is 6.42 Å². The second-order valence-electron chi connectivity index (χ2n) is 7.00. The van der Waals surface area contributed by atoms with Gasteiger partial charge in [-0.25, -0.2) is 4.79 Å². The highest BCUT2D eigenvalue weighted by Crippen LogP contribution is 2.27.